The van der Waals surface area contributed by atoms with Crippen LogP contribution < -0.4 is 5.32 Å². The molecule has 6 nitrogen and oxygen atoms in total. The summed E-state index contributed by atoms with van der Waals surface area (Å²) in [4.78, 5) is 25.7. The summed E-state index contributed by atoms with van der Waals surface area (Å²) in [6.45, 7) is 6.52. The summed E-state index contributed by atoms with van der Waals surface area (Å²) in [5.41, 5.74) is -0.761. The molecule has 0 aliphatic carbocycles. The van der Waals surface area contributed by atoms with E-state index in [0.717, 1.165) is 6.54 Å². The predicted molar refractivity (Wildman–Crippen MR) is 73.3 cm³/mol. The molecule has 114 valence electrons. The number of likely N-dealkylation sites (N-methyl/N-ethyl adjacent to an activating group) is 1. The summed E-state index contributed by atoms with van der Waals surface area (Å²) in [5.74, 6) is -0.942. The monoisotopic (exact) mass is 284 g/mol. The fourth-order valence-electron chi connectivity index (χ4n) is 3.17. The lowest BCUT2D eigenvalue weighted by atomic mass is 9.84. The normalized spacial score (nSPS) is 33.6. The van der Waals surface area contributed by atoms with E-state index >= 15 is 0 Å². The summed E-state index contributed by atoms with van der Waals surface area (Å²) in [6, 6.07) is 0.0500. The second-order valence-electron chi connectivity index (χ2n) is 5.76. The number of likely N-dealkylation sites (tertiary alicyclic amines) is 1. The topological polar surface area (TPSA) is 78.9 Å². The molecule has 2 N–H and O–H groups in total. The third-order valence-electron chi connectivity index (χ3n) is 4.66. The first kappa shape index (κ1) is 15.3. The van der Waals surface area contributed by atoms with Crippen molar-refractivity contribution in [3.63, 3.8) is 0 Å². The van der Waals surface area contributed by atoms with Crippen molar-refractivity contribution < 1.29 is 19.4 Å². The first-order valence-electron chi connectivity index (χ1n) is 7.37. The van der Waals surface area contributed by atoms with E-state index in [1.807, 2.05) is 13.8 Å². The molecule has 20 heavy (non-hydrogen) atoms. The molecule has 3 unspecified atom stereocenters. The molecule has 2 saturated heterocycles. The van der Waals surface area contributed by atoms with Gasteiger partial charge >= 0.3 is 5.97 Å². The highest BCUT2D eigenvalue weighted by Crippen LogP contribution is 2.35. The summed E-state index contributed by atoms with van der Waals surface area (Å²) in [5, 5.41) is 12.7. The minimum atomic E-state index is -0.791. The average Bonchev–Trinajstić information content (AvgIpc) is 3.05. The van der Waals surface area contributed by atoms with Crippen LogP contribution in [0.1, 0.15) is 26.7 Å². The Hall–Kier alpha value is -1.14. The van der Waals surface area contributed by atoms with Crippen LogP contribution in [0.5, 0.6) is 0 Å². The largest absolute Gasteiger partial charge is 0.481 e. The molecule has 0 radical (unpaired) electrons. The molecule has 2 aliphatic heterocycles. The number of hydrogen-bond donors (Lipinski definition) is 2. The Morgan fingerprint density at radius 2 is 2.15 bits per heavy atom. The number of aliphatic carboxylic acids is 1. The molecule has 0 saturated carbocycles. The van der Waals surface area contributed by atoms with Crippen LogP contribution in [-0.2, 0) is 14.3 Å². The zero-order chi connectivity index (χ0) is 14.8. The van der Waals surface area contributed by atoms with Crippen molar-refractivity contribution in [1.82, 2.24) is 10.2 Å². The lowest BCUT2D eigenvalue weighted by Crippen LogP contribution is -2.46. The smallest absolute Gasteiger partial charge is 0.311 e. The molecule has 0 aromatic rings. The van der Waals surface area contributed by atoms with E-state index in [0.29, 0.717) is 39.1 Å². The van der Waals surface area contributed by atoms with Gasteiger partial charge in [-0.1, -0.05) is 13.8 Å². The average molecular weight is 284 g/mol. The van der Waals surface area contributed by atoms with Crippen LogP contribution in [0.4, 0.5) is 0 Å². The molecule has 2 heterocycles. The highest BCUT2D eigenvalue weighted by atomic mass is 16.5. The number of ether oxygens (including phenoxy) is 1. The predicted octanol–water partition coefficient (Wildman–Crippen LogP) is 0.324. The molecular weight excluding hydrogens is 260 g/mol. The highest BCUT2D eigenvalue weighted by Gasteiger charge is 2.47. The maximum atomic E-state index is 12.6. The Bertz CT molecular complexity index is 387. The zero-order valence-electron chi connectivity index (χ0n) is 12.2. The molecule has 2 fully saturated rings. The van der Waals surface area contributed by atoms with Crippen LogP contribution in [-0.4, -0.2) is 60.8 Å². The van der Waals surface area contributed by atoms with E-state index in [2.05, 4.69) is 5.32 Å². The van der Waals surface area contributed by atoms with E-state index in [9.17, 15) is 14.7 Å². The fraction of sp³-hybridized carbons (Fsp3) is 0.857. The number of carbonyl (C=O) groups is 2. The van der Waals surface area contributed by atoms with Crippen molar-refractivity contribution in [3.8, 4) is 0 Å². The zero-order valence-corrected chi connectivity index (χ0v) is 12.2. The van der Waals surface area contributed by atoms with Crippen LogP contribution in [0.15, 0.2) is 0 Å². The summed E-state index contributed by atoms with van der Waals surface area (Å²) in [6.07, 6.45) is 1.11. The van der Waals surface area contributed by atoms with Gasteiger partial charge in [-0.05, 0) is 19.4 Å². The van der Waals surface area contributed by atoms with Crippen molar-refractivity contribution in [1.29, 1.82) is 0 Å². The van der Waals surface area contributed by atoms with Crippen LogP contribution >= 0.6 is 0 Å². The quantitative estimate of drug-likeness (QED) is 0.760. The number of carboxylic acids is 1. The van der Waals surface area contributed by atoms with Gasteiger partial charge in [-0.3, -0.25) is 9.59 Å². The van der Waals surface area contributed by atoms with Gasteiger partial charge in [-0.25, -0.2) is 0 Å². The fourth-order valence-corrected chi connectivity index (χ4v) is 3.17. The van der Waals surface area contributed by atoms with E-state index in [1.165, 1.54) is 0 Å². The summed E-state index contributed by atoms with van der Waals surface area (Å²) in [7, 11) is 0. The molecule has 1 amide bonds. The highest BCUT2D eigenvalue weighted by molar-refractivity contribution is 5.83. The number of nitrogens with zero attached hydrogens (tertiary/aromatic N) is 1. The Labute approximate surface area is 119 Å². The van der Waals surface area contributed by atoms with Crippen molar-refractivity contribution >= 4 is 11.9 Å². The second kappa shape index (κ2) is 6.10. The minimum absolute atomic E-state index is 0.0324. The number of carboxylic acid groups (broad SMARTS) is 1. The molecule has 2 aliphatic rings. The third kappa shape index (κ3) is 2.67. The first-order chi connectivity index (χ1) is 9.54. The standard InChI is InChI=1S/C14H24N2O4/c1-3-14(13(18)19)5-6-16(9-14)12(17)10-7-20-8-11(10)15-4-2/h10-11,15H,3-9H2,1-2H3,(H,18,19). The SMILES string of the molecule is CCNC1COCC1C(=O)N1CCC(CC)(C(=O)O)C1. The molecular formula is C14H24N2O4. The number of nitrogens with one attached hydrogen (secondary N) is 1. The summed E-state index contributed by atoms with van der Waals surface area (Å²) < 4.78 is 5.40. The van der Waals surface area contributed by atoms with Gasteiger partial charge in [0.1, 0.15) is 0 Å². The first-order valence-corrected chi connectivity index (χ1v) is 7.37. The molecule has 0 spiro atoms. The third-order valence-corrected chi connectivity index (χ3v) is 4.66. The maximum Gasteiger partial charge on any atom is 0.311 e. The lowest BCUT2D eigenvalue weighted by molar-refractivity contribution is -0.149. The van der Waals surface area contributed by atoms with Crippen LogP contribution in [0.25, 0.3) is 0 Å². The number of rotatable bonds is 5. The second-order valence-corrected chi connectivity index (χ2v) is 5.76. The van der Waals surface area contributed by atoms with Gasteiger partial charge in [0.25, 0.3) is 0 Å². The number of hydrogen-bond acceptors (Lipinski definition) is 4. The molecule has 6 heteroatoms. The van der Waals surface area contributed by atoms with Gasteiger partial charge in [-0.2, -0.15) is 0 Å². The number of amides is 1. The van der Waals surface area contributed by atoms with Crippen molar-refractivity contribution in [3.05, 3.63) is 0 Å². The van der Waals surface area contributed by atoms with Crippen LogP contribution in [0.3, 0.4) is 0 Å². The van der Waals surface area contributed by atoms with Gasteiger partial charge < -0.3 is 20.1 Å². The molecule has 3 atom stereocenters. The van der Waals surface area contributed by atoms with Crippen LogP contribution in [0, 0.1) is 11.3 Å². The van der Waals surface area contributed by atoms with Gasteiger partial charge in [0.05, 0.1) is 24.5 Å². The van der Waals surface area contributed by atoms with Crippen molar-refractivity contribution in [2.45, 2.75) is 32.7 Å². The van der Waals surface area contributed by atoms with Crippen LogP contribution in [0.2, 0.25) is 0 Å². The van der Waals surface area contributed by atoms with Gasteiger partial charge in [0.15, 0.2) is 0 Å². The Morgan fingerprint density at radius 1 is 1.40 bits per heavy atom. The van der Waals surface area contributed by atoms with E-state index < -0.39 is 11.4 Å². The van der Waals surface area contributed by atoms with Crippen molar-refractivity contribution in [2.75, 3.05) is 32.8 Å². The van der Waals surface area contributed by atoms with Gasteiger partial charge in [-0.15, -0.1) is 0 Å². The van der Waals surface area contributed by atoms with Gasteiger partial charge in [0, 0.05) is 19.1 Å². The Morgan fingerprint density at radius 3 is 2.70 bits per heavy atom. The molecule has 0 bridgehead atoms. The Kier molecular flexibility index (Phi) is 4.65. The van der Waals surface area contributed by atoms with E-state index in [1.54, 1.807) is 4.90 Å². The number of carbonyl (C=O) groups excluding carboxylic acids is 1. The Balaban J connectivity index is 2.02. The van der Waals surface area contributed by atoms with E-state index in [4.69, 9.17) is 4.74 Å². The minimum Gasteiger partial charge on any atom is -0.481 e. The lowest BCUT2D eigenvalue weighted by Gasteiger charge is -2.26. The molecule has 0 aromatic carbocycles. The molecule has 2 rings (SSSR count). The van der Waals surface area contributed by atoms with E-state index in [-0.39, 0.29) is 17.9 Å². The van der Waals surface area contributed by atoms with Gasteiger partial charge in [0.2, 0.25) is 5.91 Å². The summed E-state index contributed by atoms with van der Waals surface area (Å²) >= 11 is 0. The maximum absolute atomic E-state index is 12.6. The molecule has 0 aromatic heterocycles. The van der Waals surface area contributed by atoms with Crippen molar-refractivity contribution in [2.24, 2.45) is 11.3 Å².